The van der Waals surface area contributed by atoms with Crippen molar-refractivity contribution in [3.05, 3.63) is 36.2 Å². The van der Waals surface area contributed by atoms with Crippen LogP contribution < -0.4 is 0 Å². The SMILES string of the molecule is Cn1cncc1C(=O)CCc1ccnn1C. The largest absolute Gasteiger partial charge is 0.331 e. The first-order chi connectivity index (χ1) is 7.68. The van der Waals surface area contributed by atoms with Crippen LogP contribution in [0.2, 0.25) is 0 Å². The number of rotatable bonds is 4. The molecule has 0 radical (unpaired) electrons. The summed E-state index contributed by atoms with van der Waals surface area (Å²) in [7, 11) is 3.70. The zero-order valence-corrected chi connectivity index (χ0v) is 9.42. The van der Waals surface area contributed by atoms with Crippen molar-refractivity contribution in [3.63, 3.8) is 0 Å². The van der Waals surface area contributed by atoms with Gasteiger partial charge in [0, 0.05) is 32.4 Å². The third kappa shape index (κ3) is 2.03. The first-order valence-electron chi connectivity index (χ1n) is 5.15. The molecule has 0 saturated heterocycles. The summed E-state index contributed by atoms with van der Waals surface area (Å²) < 4.78 is 3.53. The summed E-state index contributed by atoms with van der Waals surface area (Å²) in [4.78, 5) is 15.8. The van der Waals surface area contributed by atoms with Gasteiger partial charge in [-0.2, -0.15) is 5.10 Å². The van der Waals surface area contributed by atoms with E-state index in [4.69, 9.17) is 0 Å². The van der Waals surface area contributed by atoms with Crippen molar-refractivity contribution in [1.82, 2.24) is 19.3 Å². The molecule has 0 N–H and O–H groups in total. The Hall–Kier alpha value is -1.91. The molecule has 0 aromatic carbocycles. The Morgan fingerprint density at radius 2 is 2.25 bits per heavy atom. The van der Waals surface area contributed by atoms with Crippen molar-refractivity contribution < 1.29 is 4.79 Å². The Morgan fingerprint density at radius 3 is 2.81 bits per heavy atom. The lowest BCUT2D eigenvalue weighted by Crippen LogP contribution is -2.08. The zero-order chi connectivity index (χ0) is 11.5. The second kappa shape index (κ2) is 4.30. The molecule has 2 rings (SSSR count). The molecule has 0 bridgehead atoms. The van der Waals surface area contributed by atoms with Crippen molar-refractivity contribution in [2.24, 2.45) is 14.1 Å². The van der Waals surface area contributed by atoms with E-state index in [0.29, 0.717) is 18.5 Å². The van der Waals surface area contributed by atoms with E-state index in [2.05, 4.69) is 10.1 Å². The second-order valence-corrected chi connectivity index (χ2v) is 3.76. The van der Waals surface area contributed by atoms with Crippen LogP contribution in [-0.4, -0.2) is 25.1 Å². The Morgan fingerprint density at radius 1 is 1.44 bits per heavy atom. The van der Waals surface area contributed by atoms with Crippen LogP contribution in [0.4, 0.5) is 0 Å². The molecule has 0 unspecified atom stereocenters. The van der Waals surface area contributed by atoms with E-state index in [0.717, 1.165) is 5.69 Å². The van der Waals surface area contributed by atoms with Crippen molar-refractivity contribution in [2.75, 3.05) is 0 Å². The van der Waals surface area contributed by atoms with Crippen molar-refractivity contribution in [2.45, 2.75) is 12.8 Å². The first kappa shape index (κ1) is 10.6. The minimum atomic E-state index is 0.112. The average Bonchev–Trinajstić information content (AvgIpc) is 2.84. The molecule has 0 aliphatic rings. The standard InChI is InChI=1S/C11H14N4O/c1-14-8-12-7-10(14)11(16)4-3-9-5-6-13-15(9)2/h5-8H,3-4H2,1-2H3. The molecule has 0 aliphatic carbocycles. The maximum absolute atomic E-state index is 11.8. The quantitative estimate of drug-likeness (QED) is 0.718. The summed E-state index contributed by atoms with van der Waals surface area (Å²) >= 11 is 0. The fourth-order valence-corrected chi connectivity index (χ4v) is 1.64. The third-order valence-corrected chi connectivity index (χ3v) is 2.63. The average molecular weight is 218 g/mol. The van der Waals surface area contributed by atoms with Crippen LogP contribution in [0.3, 0.4) is 0 Å². The fraction of sp³-hybridized carbons (Fsp3) is 0.364. The number of aromatic nitrogens is 4. The van der Waals surface area contributed by atoms with Gasteiger partial charge < -0.3 is 4.57 Å². The summed E-state index contributed by atoms with van der Waals surface area (Å²) in [5.74, 6) is 0.112. The van der Waals surface area contributed by atoms with Crippen LogP contribution in [0.25, 0.3) is 0 Å². The smallest absolute Gasteiger partial charge is 0.181 e. The molecule has 0 amide bonds. The van der Waals surface area contributed by atoms with Crippen LogP contribution in [0.1, 0.15) is 22.6 Å². The van der Waals surface area contributed by atoms with Gasteiger partial charge in [0.15, 0.2) is 5.78 Å². The van der Waals surface area contributed by atoms with Crippen molar-refractivity contribution >= 4 is 5.78 Å². The molecule has 0 saturated carbocycles. The normalized spacial score (nSPS) is 10.6. The molecular weight excluding hydrogens is 204 g/mol. The van der Waals surface area contributed by atoms with Gasteiger partial charge in [-0.25, -0.2) is 4.98 Å². The summed E-state index contributed by atoms with van der Waals surface area (Å²) in [6, 6.07) is 1.93. The molecular formula is C11H14N4O. The van der Waals surface area contributed by atoms with E-state index < -0.39 is 0 Å². The van der Waals surface area contributed by atoms with Gasteiger partial charge >= 0.3 is 0 Å². The highest BCUT2D eigenvalue weighted by atomic mass is 16.1. The molecule has 5 nitrogen and oxygen atoms in total. The van der Waals surface area contributed by atoms with Crippen LogP contribution in [0.15, 0.2) is 24.8 Å². The highest BCUT2D eigenvalue weighted by Gasteiger charge is 2.10. The molecule has 0 spiro atoms. The number of Topliss-reactive ketones (excluding diaryl/α,β-unsaturated/α-hetero) is 1. The number of nitrogens with zero attached hydrogens (tertiary/aromatic N) is 4. The van der Waals surface area contributed by atoms with E-state index >= 15 is 0 Å². The predicted octanol–water partition coefficient (Wildman–Crippen LogP) is 0.969. The molecule has 84 valence electrons. The summed E-state index contributed by atoms with van der Waals surface area (Å²) in [5, 5.41) is 4.06. The fourth-order valence-electron chi connectivity index (χ4n) is 1.64. The molecule has 2 aromatic rings. The summed E-state index contributed by atoms with van der Waals surface area (Å²) in [6.45, 7) is 0. The lowest BCUT2D eigenvalue weighted by atomic mass is 10.1. The van der Waals surface area contributed by atoms with Gasteiger partial charge in [0.2, 0.25) is 0 Å². The topological polar surface area (TPSA) is 52.7 Å². The molecule has 0 aliphatic heterocycles. The first-order valence-corrected chi connectivity index (χ1v) is 5.15. The highest BCUT2D eigenvalue weighted by Crippen LogP contribution is 2.06. The van der Waals surface area contributed by atoms with E-state index in [9.17, 15) is 4.79 Å². The number of carbonyl (C=O) groups is 1. The van der Waals surface area contributed by atoms with Gasteiger partial charge in [0.25, 0.3) is 0 Å². The van der Waals surface area contributed by atoms with Gasteiger partial charge in [-0.15, -0.1) is 0 Å². The van der Waals surface area contributed by atoms with E-state index in [-0.39, 0.29) is 5.78 Å². The molecule has 16 heavy (non-hydrogen) atoms. The number of aryl methyl sites for hydroxylation is 3. The van der Waals surface area contributed by atoms with E-state index in [1.165, 1.54) is 0 Å². The van der Waals surface area contributed by atoms with Gasteiger partial charge in [-0.3, -0.25) is 9.48 Å². The third-order valence-electron chi connectivity index (χ3n) is 2.63. The summed E-state index contributed by atoms with van der Waals surface area (Å²) in [5.41, 5.74) is 1.72. The summed E-state index contributed by atoms with van der Waals surface area (Å²) in [6.07, 6.45) is 6.17. The number of ketones is 1. The lowest BCUT2D eigenvalue weighted by molar-refractivity contribution is 0.0974. The number of hydrogen-bond donors (Lipinski definition) is 0. The highest BCUT2D eigenvalue weighted by molar-refractivity contribution is 5.94. The Kier molecular flexibility index (Phi) is 2.85. The van der Waals surface area contributed by atoms with E-state index in [1.807, 2.05) is 20.2 Å². The van der Waals surface area contributed by atoms with Crippen LogP contribution in [-0.2, 0) is 20.5 Å². The zero-order valence-electron chi connectivity index (χ0n) is 9.42. The van der Waals surface area contributed by atoms with Crippen molar-refractivity contribution in [3.8, 4) is 0 Å². The second-order valence-electron chi connectivity index (χ2n) is 3.76. The van der Waals surface area contributed by atoms with Gasteiger partial charge in [-0.05, 0) is 12.5 Å². The molecule has 5 heteroatoms. The van der Waals surface area contributed by atoms with Crippen LogP contribution in [0.5, 0.6) is 0 Å². The van der Waals surface area contributed by atoms with Crippen molar-refractivity contribution in [1.29, 1.82) is 0 Å². The maximum atomic E-state index is 11.8. The molecule has 2 aromatic heterocycles. The number of hydrogen-bond acceptors (Lipinski definition) is 3. The number of imidazole rings is 1. The monoisotopic (exact) mass is 218 g/mol. The Bertz CT molecular complexity index is 498. The van der Waals surface area contributed by atoms with Crippen LogP contribution >= 0.6 is 0 Å². The molecule has 2 heterocycles. The minimum absolute atomic E-state index is 0.112. The molecule has 0 atom stereocenters. The van der Waals surface area contributed by atoms with Gasteiger partial charge in [-0.1, -0.05) is 0 Å². The van der Waals surface area contributed by atoms with E-state index in [1.54, 1.807) is 28.0 Å². The minimum Gasteiger partial charge on any atom is -0.331 e. The maximum Gasteiger partial charge on any atom is 0.181 e. The lowest BCUT2D eigenvalue weighted by Gasteiger charge is -2.02. The molecule has 0 fully saturated rings. The Labute approximate surface area is 93.7 Å². The predicted molar refractivity (Wildman–Crippen MR) is 59.1 cm³/mol. The van der Waals surface area contributed by atoms with Crippen LogP contribution in [0, 0.1) is 0 Å². The Balaban J connectivity index is 1.99. The van der Waals surface area contributed by atoms with Gasteiger partial charge in [0.1, 0.15) is 5.69 Å². The number of carbonyl (C=O) groups excluding carboxylic acids is 1. The van der Waals surface area contributed by atoms with Gasteiger partial charge in [0.05, 0.1) is 12.5 Å².